The SMILES string of the molecule is CC(C(=O)NC(CC1CC1)C(=O)O)C1CC1. The zero-order chi connectivity index (χ0) is 11.7. The molecular formula is C12H19NO3. The molecule has 2 aliphatic rings. The van der Waals surface area contributed by atoms with Crippen molar-refractivity contribution in [2.75, 3.05) is 0 Å². The predicted molar refractivity (Wildman–Crippen MR) is 58.8 cm³/mol. The van der Waals surface area contributed by atoms with Crippen LogP contribution in [0.4, 0.5) is 0 Å². The molecule has 0 aromatic heterocycles. The Labute approximate surface area is 95.4 Å². The highest BCUT2D eigenvalue weighted by atomic mass is 16.4. The maximum atomic E-state index is 11.8. The van der Waals surface area contributed by atoms with Crippen LogP contribution in [0, 0.1) is 17.8 Å². The molecular weight excluding hydrogens is 206 g/mol. The third kappa shape index (κ3) is 2.97. The lowest BCUT2D eigenvalue weighted by Crippen LogP contribution is -2.43. The van der Waals surface area contributed by atoms with Crippen LogP contribution in [0.1, 0.15) is 39.0 Å². The smallest absolute Gasteiger partial charge is 0.326 e. The largest absolute Gasteiger partial charge is 0.480 e. The first kappa shape index (κ1) is 11.4. The molecule has 0 radical (unpaired) electrons. The fraction of sp³-hybridized carbons (Fsp3) is 0.833. The van der Waals surface area contributed by atoms with Gasteiger partial charge in [-0.3, -0.25) is 4.79 Å². The summed E-state index contributed by atoms with van der Waals surface area (Å²) in [5, 5.41) is 11.7. The molecule has 4 nitrogen and oxygen atoms in total. The maximum Gasteiger partial charge on any atom is 0.326 e. The molecule has 2 fully saturated rings. The molecule has 2 aliphatic carbocycles. The van der Waals surface area contributed by atoms with Crippen LogP contribution < -0.4 is 5.32 Å². The number of carbonyl (C=O) groups is 2. The third-order valence-electron chi connectivity index (χ3n) is 3.62. The van der Waals surface area contributed by atoms with Crippen LogP contribution in [-0.4, -0.2) is 23.0 Å². The van der Waals surface area contributed by atoms with E-state index in [-0.39, 0.29) is 11.8 Å². The van der Waals surface area contributed by atoms with Gasteiger partial charge in [-0.1, -0.05) is 19.8 Å². The first-order valence-electron chi connectivity index (χ1n) is 6.11. The van der Waals surface area contributed by atoms with Crippen LogP contribution in [0.15, 0.2) is 0 Å². The van der Waals surface area contributed by atoms with Crippen molar-refractivity contribution >= 4 is 11.9 Å². The van der Waals surface area contributed by atoms with Crippen LogP contribution in [-0.2, 0) is 9.59 Å². The third-order valence-corrected chi connectivity index (χ3v) is 3.62. The molecule has 2 atom stereocenters. The van der Waals surface area contributed by atoms with Crippen molar-refractivity contribution < 1.29 is 14.7 Å². The van der Waals surface area contributed by atoms with Gasteiger partial charge in [-0.25, -0.2) is 4.79 Å². The molecule has 1 amide bonds. The van der Waals surface area contributed by atoms with Gasteiger partial charge in [-0.05, 0) is 31.1 Å². The van der Waals surface area contributed by atoms with E-state index in [0.717, 1.165) is 25.7 Å². The highest BCUT2D eigenvalue weighted by Crippen LogP contribution is 2.37. The first-order valence-corrected chi connectivity index (χ1v) is 6.11. The summed E-state index contributed by atoms with van der Waals surface area (Å²) < 4.78 is 0. The Hall–Kier alpha value is -1.06. The van der Waals surface area contributed by atoms with Gasteiger partial charge in [0.1, 0.15) is 6.04 Å². The molecule has 0 aromatic rings. The summed E-state index contributed by atoms with van der Waals surface area (Å²) in [6.07, 6.45) is 5.03. The number of amides is 1. The van der Waals surface area contributed by atoms with E-state index in [1.54, 1.807) is 0 Å². The van der Waals surface area contributed by atoms with Crippen LogP contribution in [0.3, 0.4) is 0 Å². The molecule has 4 heteroatoms. The monoisotopic (exact) mass is 225 g/mol. The van der Waals surface area contributed by atoms with Crippen molar-refractivity contribution in [3.8, 4) is 0 Å². The minimum absolute atomic E-state index is 0.0268. The van der Waals surface area contributed by atoms with Gasteiger partial charge in [0.25, 0.3) is 0 Å². The topological polar surface area (TPSA) is 66.4 Å². The zero-order valence-corrected chi connectivity index (χ0v) is 9.61. The van der Waals surface area contributed by atoms with E-state index < -0.39 is 12.0 Å². The van der Waals surface area contributed by atoms with Gasteiger partial charge in [0.2, 0.25) is 5.91 Å². The molecule has 2 saturated carbocycles. The second kappa shape index (κ2) is 4.44. The van der Waals surface area contributed by atoms with E-state index in [4.69, 9.17) is 5.11 Å². The minimum Gasteiger partial charge on any atom is -0.480 e. The highest BCUT2D eigenvalue weighted by Gasteiger charge is 2.35. The van der Waals surface area contributed by atoms with Crippen LogP contribution in [0.5, 0.6) is 0 Å². The summed E-state index contributed by atoms with van der Waals surface area (Å²) in [4.78, 5) is 22.8. The summed E-state index contributed by atoms with van der Waals surface area (Å²) in [7, 11) is 0. The van der Waals surface area contributed by atoms with E-state index in [9.17, 15) is 9.59 Å². The van der Waals surface area contributed by atoms with E-state index in [0.29, 0.717) is 18.3 Å². The molecule has 0 aromatic carbocycles. The second-order valence-corrected chi connectivity index (χ2v) is 5.20. The molecule has 0 spiro atoms. The Morgan fingerprint density at radius 3 is 2.38 bits per heavy atom. The molecule has 0 bridgehead atoms. The molecule has 0 heterocycles. The summed E-state index contributed by atoms with van der Waals surface area (Å²) in [5.74, 6) is -0.0205. The van der Waals surface area contributed by atoms with Crippen molar-refractivity contribution in [2.45, 2.75) is 45.1 Å². The van der Waals surface area contributed by atoms with Crippen LogP contribution in [0.2, 0.25) is 0 Å². The average Bonchev–Trinajstić information content (AvgIpc) is 3.08. The van der Waals surface area contributed by atoms with E-state index >= 15 is 0 Å². The fourth-order valence-corrected chi connectivity index (χ4v) is 2.02. The van der Waals surface area contributed by atoms with Gasteiger partial charge in [0.05, 0.1) is 0 Å². The molecule has 2 rings (SSSR count). The van der Waals surface area contributed by atoms with Gasteiger partial charge < -0.3 is 10.4 Å². The predicted octanol–water partition coefficient (Wildman–Crippen LogP) is 1.40. The Morgan fingerprint density at radius 1 is 1.31 bits per heavy atom. The van der Waals surface area contributed by atoms with E-state index in [1.165, 1.54) is 0 Å². The Bertz CT molecular complexity index is 295. The number of aliphatic carboxylic acids is 1. The number of hydrogen-bond donors (Lipinski definition) is 2. The first-order chi connectivity index (χ1) is 7.58. The summed E-state index contributed by atoms with van der Waals surface area (Å²) in [6, 6.07) is -0.679. The van der Waals surface area contributed by atoms with Gasteiger partial charge >= 0.3 is 5.97 Å². The van der Waals surface area contributed by atoms with E-state index in [2.05, 4.69) is 5.32 Å². The Morgan fingerprint density at radius 2 is 1.94 bits per heavy atom. The Balaban J connectivity index is 1.82. The number of nitrogens with one attached hydrogen (secondary N) is 1. The number of rotatable bonds is 6. The van der Waals surface area contributed by atoms with Crippen molar-refractivity contribution in [3.63, 3.8) is 0 Å². The van der Waals surface area contributed by atoms with Crippen molar-refractivity contribution in [3.05, 3.63) is 0 Å². The lowest BCUT2D eigenvalue weighted by atomic mass is 10.0. The van der Waals surface area contributed by atoms with Crippen molar-refractivity contribution in [1.29, 1.82) is 0 Å². The minimum atomic E-state index is -0.900. The summed E-state index contributed by atoms with van der Waals surface area (Å²) >= 11 is 0. The lowest BCUT2D eigenvalue weighted by Gasteiger charge is -2.17. The maximum absolute atomic E-state index is 11.8. The molecule has 0 saturated heterocycles. The van der Waals surface area contributed by atoms with Crippen molar-refractivity contribution in [2.24, 2.45) is 17.8 Å². The summed E-state index contributed by atoms with van der Waals surface area (Å²) in [6.45, 7) is 1.89. The number of hydrogen-bond acceptors (Lipinski definition) is 2. The van der Waals surface area contributed by atoms with Gasteiger partial charge in [-0.2, -0.15) is 0 Å². The number of carboxylic acid groups (broad SMARTS) is 1. The molecule has 2 unspecified atom stereocenters. The Kier molecular flexibility index (Phi) is 3.17. The van der Waals surface area contributed by atoms with Crippen LogP contribution >= 0.6 is 0 Å². The molecule has 0 aliphatic heterocycles. The van der Waals surface area contributed by atoms with Gasteiger partial charge in [-0.15, -0.1) is 0 Å². The molecule has 90 valence electrons. The van der Waals surface area contributed by atoms with Crippen molar-refractivity contribution in [1.82, 2.24) is 5.32 Å². The number of carbonyl (C=O) groups excluding carboxylic acids is 1. The average molecular weight is 225 g/mol. The van der Waals surface area contributed by atoms with E-state index in [1.807, 2.05) is 6.92 Å². The standard InChI is InChI=1S/C12H19NO3/c1-7(9-4-5-9)11(14)13-10(12(15)16)6-8-2-3-8/h7-10H,2-6H2,1H3,(H,13,14)(H,15,16). The summed E-state index contributed by atoms with van der Waals surface area (Å²) in [5.41, 5.74) is 0. The number of carboxylic acids is 1. The lowest BCUT2D eigenvalue weighted by molar-refractivity contribution is -0.142. The molecule has 16 heavy (non-hydrogen) atoms. The quantitative estimate of drug-likeness (QED) is 0.718. The second-order valence-electron chi connectivity index (χ2n) is 5.20. The fourth-order valence-electron chi connectivity index (χ4n) is 2.02. The van der Waals surface area contributed by atoms with Crippen LogP contribution in [0.25, 0.3) is 0 Å². The highest BCUT2D eigenvalue weighted by molar-refractivity contribution is 5.85. The molecule has 2 N–H and O–H groups in total. The normalized spacial score (nSPS) is 23.6. The van der Waals surface area contributed by atoms with Gasteiger partial charge in [0, 0.05) is 5.92 Å². The van der Waals surface area contributed by atoms with Gasteiger partial charge in [0.15, 0.2) is 0 Å². The zero-order valence-electron chi connectivity index (χ0n) is 9.61.